The smallest absolute Gasteiger partial charge is 0.264 e. The van der Waals surface area contributed by atoms with E-state index in [1.165, 1.54) is 11.1 Å². The van der Waals surface area contributed by atoms with Crippen LogP contribution in [0.2, 0.25) is 5.02 Å². The van der Waals surface area contributed by atoms with E-state index in [0.29, 0.717) is 51.1 Å². The fourth-order valence-electron chi connectivity index (χ4n) is 9.34. The molecule has 1 unspecified atom stereocenters. The molecule has 0 radical (unpaired) electrons. The number of carbonyl (C=O) groups excluding carboxylic acids is 1. The summed E-state index contributed by atoms with van der Waals surface area (Å²) in [5.41, 5.74) is 1.96. The number of sulfonamides is 1. The first kappa shape index (κ1) is 34.4. The van der Waals surface area contributed by atoms with Crippen LogP contribution in [-0.2, 0) is 35.3 Å². The summed E-state index contributed by atoms with van der Waals surface area (Å²) >= 11 is 6.47. The van der Waals surface area contributed by atoms with Crippen molar-refractivity contribution in [3.63, 3.8) is 0 Å². The summed E-state index contributed by atoms with van der Waals surface area (Å²) < 4.78 is 38.0. The number of rotatable bonds is 2. The van der Waals surface area contributed by atoms with Crippen molar-refractivity contribution in [2.24, 2.45) is 24.3 Å². The molecule has 4 aliphatic rings. The van der Waals surface area contributed by atoms with Gasteiger partial charge in [-0.2, -0.15) is 0 Å². The normalized spacial score (nSPS) is 33.0. The lowest BCUT2D eigenvalue weighted by molar-refractivity contribution is -0.129. The zero-order chi connectivity index (χ0) is 34.8. The van der Waals surface area contributed by atoms with E-state index in [9.17, 15) is 18.3 Å². The maximum Gasteiger partial charge on any atom is 0.264 e. The van der Waals surface area contributed by atoms with Crippen molar-refractivity contribution in [3.8, 4) is 5.75 Å². The Morgan fingerprint density at radius 3 is 2.63 bits per heavy atom. The summed E-state index contributed by atoms with van der Waals surface area (Å²) in [7, 11) is -2.00. The highest BCUT2D eigenvalue weighted by Crippen LogP contribution is 2.56. The molecule has 7 rings (SSSR count). The first-order chi connectivity index (χ1) is 23.2. The van der Waals surface area contributed by atoms with Crippen molar-refractivity contribution in [1.82, 2.24) is 14.3 Å². The van der Waals surface area contributed by atoms with Gasteiger partial charge in [-0.05, 0) is 111 Å². The Bertz CT molecular complexity index is 1860. The molecule has 2 aliphatic carbocycles. The van der Waals surface area contributed by atoms with E-state index >= 15 is 0 Å². The number of amides is 1. The summed E-state index contributed by atoms with van der Waals surface area (Å²) in [5.74, 6) is 0.649. The minimum absolute atomic E-state index is 0.00595. The van der Waals surface area contributed by atoms with Gasteiger partial charge in [0.25, 0.3) is 5.91 Å². The molecule has 264 valence electrons. The molecule has 2 aromatic carbocycles. The molecule has 1 amide bonds. The van der Waals surface area contributed by atoms with Crippen molar-refractivity contribution in [3.05, 3.63) is 76.3 Å². The number of halogens is 1. The molecule has 2 aliphatic heterocycles. The maximum absolute atomic E-state index is 13.6. The molecule has 3 aromatic rings. The number of anilines is 1. The first-order valence-corrected chi connectivity index (χ1v) is 19.7. The average Bonchev–Trinajstić information content (AvgIpc) is 3.37. The molecule has 1 saturated carbocycles. The van der Waals surface area contributed by atoms with E-state index in [0.717, 1.165) is 48.6 Å². The van der Waals surface area contributed by atoms with Gasteiger partial charge in [-0.1, -0.05) is 37.9 Å². The molecule has 2 N–H and O–H groups in total. The van der Waals surface area contributed by atoms with Crippen LogP contribution in [0.4, 0.5) is 5.69 Å². The van der Waals surface area contributed by atoms with Gasteiger partial charge in [0.05, 0.1) is 23.1 Å². The van der Waals surface area contributed by atoms with Crippen molar-refractivity contribution < 1.29 is 23.1 Å². The van der Waals surface area contributed by atoms with Crippen LogP contribution in [0.5, 0.6) is 5.75 Å². The van der Waals surface area contributed by atoms with Gasteiger partial charge in [0.2, 0.25) is 10.0 Å². The lowest BCUT2D eigenvalue weighted by atomic mass is 9.53. The summed E-state index contributed by atoms with van der Waals surface area (Å²) in [6, 6.07) is 11.5. The quantitative estimate of drug-likeness (QED) is 0.326. The predicted molar refractivity (Wildman–Crippen MR) is 192 cm³/mol. The Hall–Kier alpha value is -3.08. The van der Waals surface area contributed by atoms with Crippen LogP contribution in [0, 0.1) is 17.3 Å². The van der Waals surface area contributed by atoms with Gasteiger partial charge in [0.15, 0.2) is 0 Å². The highest BCUT2D eigenvalue weighted by Gasteiger charge is 2.55. The fourth-order valence-corrected chi connectivity index (χ4v) is 10.8. The van der Waals surface area contributed by atoms with Gasteiger partial charge in [0, 0.05) is 55.0 Å². The monoisotopic (exact) mass is 708 g/mol. The number of hydrogen-bond donors (Lipinski definition) is 2. The van der Waals surface area contributed by atoms with Gasteiger partial charge < -0.3 is 19.3 Å². The van der Waals surface area contributed by atoms with E-state index < -0.39 is 26.8 Å². The van der Waals surface area contributed by atoms with Crippen molar-refractivity contribution in [2.45, 2.75) is 94.8 Å². The third-order valence-electron chi connectivity index (χ3n) is 12.5. The van der Waals surface area contributed by atoms with Gasteiger partial charge in [-0.3, -0.25) is 4.79 Å². The Balaban J connectivity index is 1.34. The second-order valence-corrected chi connectivity index (χ2v) is 18.3. The number of nitrogens with zero attached hydrogens (tertiary/aromatic N) is 3. The van der Waals surface area contributed by atoms with Crippen LogP contribution >= 0.6 is 11.6 Å². The number of fused-ring (bicyclic) bond motifs is 4. The number of hydrogen-bond acceptors (Lipinski definition) is 7. The minimum Gasteiger partial charge on any atom is -0.490 e. The second kappa shape index (κ2) is 12.6. The summed E-state index contributed by atoms with van der Waals surface area (Å²) in [5, 5.41) is 12.7. The number of ether oxygens (including phenoxy) is 1. The molecule has 9 nitrogen and oxygen atoms in total. The number of carbonyl (C=O) groups is 1. The standard InChI is InChI=1S/C38H49ClN4O5S/c1-25-7-5-15-38(45,21-34-40-17-18-42(34)4)33-13-16-36(33,3)22-43-23-37(14-6-8-27-19-29(39)10-11-30(27)37)24-48-32-12-9-28(20-31(32)43)35(44)41-49(46,47)26(25)2/h9-12,17-20,25-26,33,45H,5-8,13-16,21-24H2,1-4H3,(H,41,44)/t25-,26+,33+,36?,37-,38+/m0/s1. The van der Waals surface area contributed by atoms with Crippen LogP contribution in [0.15, 0.2) is 48.8 Å². The van der Waals surface area contributed by atoms with Crippen LogP contribution in [0.3, 0.4) is 0 Å². The Kier molecular flexibility index (Phi) is 8.84. The molecule has 0 saturated heterocycles. The summed E-state index contributed by atoms with van der Waals surface area (Å²) in [6.45, 7) is 7.66. The van der Waals surface area contributed by atoms with Gasteiger partial charge in [-0.25, -0.2) is 18.1 Å². The number of aliphatic hydroxyl groups is 1. The van der Waals surface area contributed by atoms with Crippen molar-refractivity contribution >= 4 is 33.2 Å². The van der Waals surface area contributed by atoms with Gasteiger partial charge >= 0.3 is 0 Å². The molecule has 11 heteroatoms. The molecular formula is C38H49ClN4O5S. The van der Waals surface area contributed by atoms with E-state index in [2.05, 4.69) is 33.7 Å². The average molecular weight is 709 g/mol. The van der Waals surface area contributed by atoms with Crippen LogP contribution in [0.25, 0.3) is 0 Å². The fraction of sp³-hybridized carbons (Fsp3) is 0.579. The zero-order valence-electron chi connectivity index (χ0n) is 29.0. The lowest BCUT2D eigenvalue weighted by Gasteiger charge is -2.57. The Morgan fingerprint density at radius 1 is 1.08 bits per heavy atom. The van der Waals surface area contributed by atoms with E-state index in [-0.39, 0.29) is 28.2 Å². The topological polar surface area (TPSA) is 114 Å². The molecule has 2 bridgehead atoms. The van der Waals surface area contributed by atoms with E-state index in [4.69, 9.17) is 16.3 Å². The number of nitrogens with one attached hydrogen (secondary N) is 1. The largest absolute Gasteiger partial charge is 0.490 e. The zero-order valence-corrected chi connectivity index (χ0v) is 30.6. The van der Waals surface area contributed by atoms with Crippen LogP contribution in [-0.4, -0.2) is 59.5 Å². The van der Waals surface area contributed by atoms with Gasteiger partial charge in [-0.15, -0.1) is 0 Å². The third kappa shape index (κ3) is 6.27. The predicted octanol–water partition coefficient (Wildman–Crippen LogP) is 6.20. The van der Waals surface area contributed by atoms with Crippen molar-refractivity contribution in [1.29, 1.82) is 0 Å². The van der Waals surface area contributed by atoms with Crippen LogP contribution < -0.4 is 14.4 Å². The second-order valence-electron chi connectivity index (χ2n) is 15.8. The molecule has 49 heavy (non-hydrogen) atoms. The van der Waals surface area contributed by atoms with E-state index in [1.807, 2.05) is 36.9 Å². The number of imidazole rings is 1. The highest BCUT2D eigenvalue weighted by molar-refractivity contribution is 7.90. The molecule has 1 aromatic heterocycles. The summed E-state index contributed by atoms with van der Waals surface area (Å²) in [6.07, 6.45) is 10.7. The molecule has 1 fully saturated rings. The Morgan fingerprint density at radius 2 is 1.90 bits per heavy atom. The number of aryl methyl sites for hydroxylation is 2. The Labute approximate surface area is 295 Å². The molecule has 1 spiro atoms. The minimum atomic E-state index is -3.96. The maximum atomic E-state index is 13.6. The first-order valence-electron chi connectivity index (χ1n) is 17.8. The summed E-state index contributed by atoms with van der Waals surface area (Å²) in [4.78, 5) is 20.6. The third-order valence-corrected chi connectivity index (χ3v) is 14.7. The van der Waals surface area contributed by atoms with Gasteiger partial charge in [0.1, 0.15) is 11.6 Å². The van der Waals surface area contributed by atoms with E-state index in [1.54, 1.807) is 25.3 Å². The number of aromatic nitrogens is 2. The molecular weight excluding hydrogens is 660 g/mol. The molecule has 3 heterocycles. The number of benzene rings is 2. The van der Waals surface area contributed by atoms with Crippen molar-refractivity contribution in [2.75, 3.05) is 24.6 Å². The highest BCUT2D eigenvalue weighted by atomic mass is 35.5. The van der Waals surface area contributed by atoms with Crippen LogP contribution in [0.1, 0.15) is 93.0 Å². The molecule has 6 atom stereocenters. The lowest BCUT2D eigenvalue weighted by Crippen LogP contribution is -2.59. The SMILES string of the molecule is C[C@@H]1[C@@H](C)CCC[C@@](O)(Cc2nccn2C)[C@@H]2CCC2(C)CN2C[C@@]3(CCCc4cc(Cl)ccc43)COc3ccc(cc32)C(=O)NS1(=O)=O.